The zero-order valence-electron chi connectivity index (χ0n) is 15.6. The van der Waals surface area contributed by atoms with Crippen molar-refractivity contribution in [1.29, 1.82) is 0 Å². The van der Waals surface area contributed by atoms with Crippen molar-refractivity contribution in [3.8, 4) is 22.9 Å². The van der Waals surface area contributed by atoms with Crippen molar-refractivity contribution in [1.82, 2.24) is 9.55 Å². The van der Waals surface area contributed by atoms with Crippen molar-refractivity contribution in [2.45, 2.75) is 19.3 Å². The summed E-state index contributed by atoms with van der Waals surface area (Å²) in [5.41, 5.74) is 2.03. The summed E-state index contributed by atoms with van der Waals surface area (Å²) < 4.78 is 32.3. The van der Waals surface area contributed by atoms with Crippen LogP contribution in [0.2, 0.25) is 0 Å². The Morgan fingerprint density at radius 2 is 2.10 bits per heavy atom. The Balaban J connectivity index is 1.41. The van der Waals surface area contributed by atoms with Gasteiger partial charge in [0.25, 0.3) is 0 Å². The third kappa shape index (κ3) is 3.90. The molecule has 8 nitrogen and oxygen atoms in total. The molecule has 150 valence electrons. The lowest BCUT2D eigenvalue weighted by Crippen LogP contribution is -2.32. The Hall–Kier alpha value is -3.46. The molecule has 2 heterocycles. The number of nitro groups is 1. The van der Waals surface area contributed by atoms with Crippen molar-refractivity contribution < 1.29 is 23.5 Å². The molecule has 3 aromatic rings. The summed E-state index contributed by atoms with van der Waals surface area (Å²) in [5, 5.41) is 10.8. The lowest BCUT2D eigenvalue weighted by molar-refractivity contribution is -0.389. The Morgan fingerprint density at radius 3 is 2.83 bits per heavy atom. The maximum Gasteiger partial charge on any atom is 0.414 e. The molecule has 29 heavy (non-hydrogen) atoms. The second kappa shape index (κ2) is 7.88. The quantitative estimate of drug-likeness (QED) is 0.465. The van der Waals surface area contributed by atoms with Crippen LogP contribution >= 0.6 is 0 Å². The van der Waals surface area contributed by atoms with Crippen LogP contribution in [0.25, 0.3) is 11.1 Å². The van der Waals surface area contributed by atoms with E-state index in [0.717, 1.165) is 5.56 Å². The third-order valence-corrected chi connectivity index (χ3v) is 4.64. The van der Waals surface area contributed by atoms with Gasteiger partial charge in [0.2, 0.25) is 0 Å². The highest BCUT2D eigenvalue weighted by Gasteiger charge is 2.28. The Morgan fingerprint density at radius 1 is 1.31 bits per heavy atom. The predicted octanol–water partition coefficient (Wildman–Crippen LogP) is 3.58. The van der Waals surface area contributed by atoms with Gasteiger partial charge >= 0.3 is 11.8 Å². The zero-order chi connectivity index (χ0) is 20.4. The smallest absolute Gasteiger partial charge is 0.414 e. The van der Waals surface area contributed by atoms with Crippen LogP contribution in [0.5, 0.6) is 11.8 Å². The van der Waals surface area contributed by atoms with E-state index >= 15 is 0 Å². The van der Waals surface area contributed by atoms with Crippen LogP contribution in [-0.2, 0) is 17.9 Å². The second-order valence-electron chi connectivity index (χ2n) is 6.55. The van der Waals surface area contributed by atoms with Crippen LogP contribution in [0.4, 0.5) is 10.2 Å². The summed E-state index contributed by atoms with van der Waals surface area (Å²) in [5.74, 6) is -0.128. The highest BCUT2D eigenvalue weighted by Crippen LogP contribution is 2.32. The zero-order valence-corrected chi connectivity index (χ0v) is 15.6. The molecule has 0 spiro atoms. The molecule has 0 amide bonds. The van der Waals surface area contributed by atoms with Crippen molar-refractivity contribution in [2.24, 2.45) is 0 Å². The van der Waals surface area contributed by atoms with Gasteiger partial charge in [0.15, 0.2) is 0 Å². The number of benzene rings is 2. The van der Waals surface area contributed by atoms with Gasteiger partial charge in [-0.1, -0.05) is 30.3 Å². The van der Waals surface area contributed by atoms with Gasteiger partial charge < -0.3 is 24.3 Å². The minimum absolute atomic E-state index is 0.222. The van der Waals surface area contributed by atoms with E-state index in [0.29, 0.717) is 30.0 Å². The largest absolute Gasteiger partial charge is 0.496 e. The normalized spacial score (nSPS) is 15.4. The molecule has 2 aromatic carbocycles. The molecule has 1 aliphatic rings. The van der Waals surface area contributed by atoms with Crippen molar-refractivity contribution >= 4 is 5.82 Å². The number of hydrogen-bond acceptors (Lipinski definition) is 6. The van der Waals surface area contributed by atoms with E-state index < -0.39 is 4.92 Å². The van der Waals surface area contributed by atoms with Gasteiger partial charge in [-0.25, -0.2) is 4.39 Å². The molecule has 0 unspecified atom stereocenters. The Labute approximate surface area is 165 Å². The summed E-state index contributed by atoms with van der Waals surface area (Å²) in [6, 6.07) is 12.3. The molecule has 1 atom stereocenters. The number of aromatic nitrogens is 2. The fourth-order valence-corrected chi connectivity index (χ4v) is 3.20. The number of fused-ring (bicyclic) bond motifs is 1. The first-order valence-electron chi connectivity index (χ1n) is 8.93. The standard InChI is InChI=1S/C20H18FN3O5/c1-27-17-4-2-3-16(21)19(17)14-7-5-13(6-8-14)11-28-15-9-23-10-18(24(25)26)22-20(23)29-12-15/h2-8,10,15H,9,11-12H2,1H3/t15-/m0/s1. The van der Waals surface area contributed by atoms with Crippen molar-refractivity contribution in [3.63, 3.8) is 0 Å². The molecule has 4 rings (SSSR count). The second-order valence-corrected chi connectivity index (χ2v) is 6.55. The number of methoxy groups -OCH3 is 1. The first kappa shape index (κ1) is 18.9. The van der Waals surface area contributed by atoms with Crippen LogP contribution in [0, 0.1) is 15.9 Å². The van der Waals surface area contributed by atoms with E-state index in [1.807, 2.05) is 24.3 Å². The monoisotopic (exact) mass is 399 g/mol. The Bertz CT molecular complexity index is 1040. The number of rotatable bonds is 6. The van der Waals surface area contributed by atoms with Crippen LogP contribution in [0.1, 0.15) is 5.56 Å². The van der Waals surface area contributed by atoms with Crippen LogP contribution in [0.15, 0.2) is 48.7 Å². The van der Waals surface area contributed by atoms with Crippen LogP contribution in [0.3, 0.4) is 0 Å². The molecule has 0 N–H and O–H groups in total. The van der Waals surface area contributed by atoms with E-state index in [9.17, 15) is 14.5 Å². The average Bonchev–Trinajstić information content (AvgIpc) is 3.16. The van der Waals surface area contributed by atoms with Gasteiger partial charge in [-0.2, -0.15) is 0 Å². The fraction of sp³-hybridized carbons (Fsp3) is 0.250. The van der Waals surface area contributed by atoms with E-state index in [2.05, 4.69) is 4.98 Å². The topological polar surface area (TPSA) is 88.7 Å². The SMILES string of the molecule is COc1cccc(F)c1-c1ccc(CO[C@@H]2COc3nc([N+](=O)[O-])cn3C2)cc1. The summed E-state index contributed by atoms with van der Waals surface area (Å²) in [6.45, 7) is 1.01. The molecule has 0 fully saturated rings. The first-order valence-corrected chi connectivity index (χ1v) is 8.93. The summed E-state index contributed by atoms with van der Waals surface area (Å²) in [4.78, 5) is 14.1. The molecular formula is C20H18FN3O5. The average molecular weight is 399 g/mol. The highest BCUT2D eigenvalue weighted by atomic mass is 19.1. The lowest BCUT2D eigenvalue weighted by atomic mass is 10.0. The Kier molecular flexibility index (Phi) is 5.13. The number of hydrogen-bond donors (Lipinski definition) is 0. The maximum atomic E-state index is 14.2. The van der Waals surface area contributed by atoms with Gasteiger partial charge in [0.1, 0.15) is 30.5 Å². The summed E-state index contributed by atoms with van der Waals surface area (Å²) in [6.07, 6.45) is 1.07. The van der Waals surface area contributed by atoms with Gasteiger partial charge in [-0.15, -0.1) is 0 Å². The number of ether oxygens (including phenoxy) is 3. The fourth-order valence-electron chi connectivity index (χ4n) is 3.20. The number of halogens is 1. The molecule has 0 aliphatic carbocycles. The number of nitrogens with zero attached hydrogens (tertiary/aromatic N) is 3. The van der Waals surface area contributed by atoms with Gasteiger partial charge in [-0.3, -0.25) is 4.57 Å². The number of imidazole rings is 1. The van der Waals surface area contributed by atoms with E-state index in [4.69, 9.17) is 14.2 Å². The highest BCUT2D eigenvalue weighted by molar-refractivity contribution is 5.71. The van der Waals surface area contributed by atoms with E-state index in [1.165, 1.54) is 19.4 Å². The van der Waals surface area contributed by atoms with E-state index in [-0.39, 0.29) is 30.4 Å². The summed E-state index contributed by atoms with van der Waals surface area (Å²) >= 11 is 0. The van der Waals surface area contributed by atoms with Gasteiger partial charge in [0, 0.05) is 4.98 Å². The molecular weight excluding hydrogens is 381 g/mol. The molecule has 0 bridgehead atoms. The molecule has 1 aromatic heterocycles. The lowest BCUT2D eigenvalue weighted by Gasteiger charge is -2.22. The predicted molar refractivity (Wildman–Crippen MR) is 101 cm³/mol. The van der Waals surface area contributed by atoms with E-state index in [1.54, 1.807) is 16.7 Å². The maximum absolute atomic E-state index is 14.2. The minimum atomic E-state index is -0.559. The van der Waals surface area contributed by atoms with Crippen molar-refractivity contribution in [3.05, 3.63) is 70.2 Å². The molecule has 0 saturated heterocycles. The minimum Gasteiger partial charge on any atom is -0.496 e. The third-order valence-electron chi connectivity index (χ3n) is 4.64. The molecule has 9 heteroatoms. The molecule has 0 saturated carbocycles. The van der Waals surface area contributed by atoms with Gasteiger partial charge in [-0.05, 0) is 28.2 Å². The first-order chi connectivity index (χ1) is 14.0. The molecule has 0 radical (unpaired) electrons. The van der Waals surface area contributed by atoms with Gasteiger partial charge in [0.05, 0.1) is 25.8 Å². The molecule has 1 aliphatic heterocycles. The van der Waals surface area contributed by atoms with Crippen LogP contribution in [-0.4, -0.2) is 34.3 Å². The van der Waals surface area contributed by atoms with Crippen LogP contribution < -0.4 is 9.47 Å². The summed E-state index contributed by atoms with van der Waals surface area (Å²) in [7, 11) is 1.51. The van der Waals surface area contributed by atoms with Crippen molar-refractivity contribution in [2.75, 3.05) is 13.7 Å².